The first-order valence-corrected chi connectivity index (χ1v) is 6.93. The minimum absolute atomic E-state index is 0.0123. The molecule has 1 aromatic rings. The Morgan fingerprint density at radius 3 is 2.63 bits per heavy atom. The second-order valence-corrected chi connectivity index (χ2v) is 6.17. The molecule has 0 aliphatic carbocycles. The number of sulfonamides is 1. The fourth-order valence-electron chi connectivity index (χ4n) is 1.31. The summed E-state index contributed by atoms with van der Waals surface area (Å²) in [5.74, 6) is -1.62. The molecule has 0 aromatic heterocycles. The monoisotopic (exact) mass is 309 g/mol. The first-order valence-electron chi connectivity index (χ1n) is 5.11. The van der Waals surface area contributed by atoms with Gasteiger partial charge in [0, 0.05) is 19.8 Å². The van der Waals surface area contributed by atoms with E-state index in [2.05, 4.69) is 5.32 Å². The zero-order valence-electron chi connectivity index (χ0n) is 10.3. The molecule has 1 rings (SSSR count). The summed E-state index contributed by atoms with van der Waals surface area (Å²) in [5.41, 5.74) is 5.45. The number of halogens is 2. The zero-order chi connectivity index (χ0) is 14.8. The Kier molecular flexibility index (Phi) is 4.72. The predicted molar refractivity (Wildman–Crippen MR) is 69.7 cm³/mol. The lowest BCUT2D eigenvalue weighted by molar-refractivity contribution is -0.120. The summed E-state index contributed by atoms with van der Waals surface area (Å²) >= 11 is 5.55. The summed E-state index contributed by atoms with van der Waals surface area (Å²) in [4.78, 5) is 10.5. The molecule has 106 valence electrons. The first kappa shape index (κ1) is 15.7. The number of nitrogen functional groups attached to an aromatic ring is 1. The first-order chi connectivity index (χ1) is 8.70. The summed E-state index contributed by atoms with van der Waals surface area (Å²) in [6, 6.07) is 2.06. The molecule has 0 aliphatic rings. The highest BCUT2D eigenvalue weighted by atomic mass is 35.5. The Balaban J connectivity index is 3.24. The molecule has 19 heavy (non-hydrogen) atoms. The molecule has 0 fully saturated rings. The van der Waals surface area contributed by atoms with Gasteiger partial charge in [-0.1, -0.05) is 11.6 Å². The van der Waals surface area contributed by atoms with Crippen LogP contribution in [0.15, 0.2) is 17.0 Å². The van der Waals surface area contributed by atoms with Gasteiger partial charge < -0.3 is 11.1 Å². The second-order valence-electron chi connectivity index (χ2n) is 3.75. The lowest BCUT2D eigenvalue weighted by atomic mass is 10.3. The Bertz CT molecular complexity index is 606. The number of benzene rings is 1. The van der Waals surface area contributed by atoms with Crippen LogP contribution in [0, 0.1) is 5.82 Å². The lowest BCUT2D eigenvalue weighted by Crippen LogP contribution is -2.37. The Labute approximate surface area is 115 Å². The van der Waals surface area contributed by atoms with Crippen molar-refractivity contribution in [1.29, 1.82) is 0 Å². The molecular weight excluding hydrogens is 297 g/mol. The van der Waals surface area contributed by atoms with Crippen LogP contribution in [0.2, 0.25) is 5.02 Å². The maximum absolute atomic E-state index is 13.8. The molecule has 0 aliphatic heterocycles. The van der Waals surface area contributed by atoms with Crippen LogP contribution in [0.4, 0.5) is 10.1 Å². The lowest BCUT2D eigenvalue weighted by Gasteiger charge is -2.17. The van der Waals surface area contributed by atoms with E-state index in [1.165, 1.54) is 7.05 Å². The molecule has 1 amide bonds. The number of likely N-dealkylation sites (N-methyl/N-ethyl adjacent to an activating group) is 2. The topological polar surface area (TPSA) is 92.5 Å². The molecule has 9 heteroatoms. The molecular formula is C10H13ClFN3O3S. The standard InChI is InChI=1S/C10H13ClFN3O3S/c1-14-9(16)5-15(2)19(17,18)8-4-6(13)3-7(11)10(8)12/h3-4H,5,13H2,1-2H3,(H,14,16). The number of carbonyl (C=O) groups is 1. The molecule has 0 spiro atoms. The summed E-state index contributed by atoms with van der Waals surface area (Å²) in [5, 5.41) is 1.87. The van der Waals surface area contributed by atoms with Crippen LogP contribution in [0.5, 0.6) is 0 Å². The van der Waals surface area contributed by atoms with Crippen molar-refractivity contribution < 1.29 is 17.6 Å². The van der Waals surface area contributed by atoms with E-state index < -0.39 is 38.2 Å². The number of anilines is 1. The van der Waals surface area contributed by atoms with E-state index in [4.69, 9.17) is 17.3 Å². The number of amides is 1. The van der Waals surface area contributed by atoms with E-state index >= 15 is 0 Å². The second kappa shape index (κ2) is 5.72. The van der Waals surface area contributed by atoms with Gasteiger partial charge in [-0.2, -0.15) is 4.31 Å². The highest BCUT2D eigenvalue weighted by Gasteiger charge is 2.27. The summed E-state index contributed by atoms with van der Waals surface area (Å²) in [6.07, 6.45) is 0. The third-order valence-electron chi connectivity index (χ3n) is 2.35. The third-order valence-corrected chi connectivity index (χ3v) is 4.43. The smallest absolute Gasteiger partial charge is 0.246 e. The van der Waals surface area contributed by atoms with E-state index in [1.54, 1.807) is 0 Å². The SMILES string of the molecule is CNC(=O)CN(C)S(=O)(=O)c1cc(N)cc(Cl)c1F. The van der Waals surface area contributed by atoms with Crippen LogP contribution in [0.25, 0.3) is 0 Å². The molecule has 0 radical (unpaired) electrons. The normalized spacial score (nSPS) is 11.6. The van der Waals surface area contributed by atoms with Gasteiger partial charge in [0.15, 0.2) is 5.82 Å². The maximum Gasteiger partial charge on any atom is 0.246 e. The summed E-state index contributed by atoms with van der Waals surface area (Å²) < 4.78 is 38.7. The molecule has 6 nitrogen and oxygen atoms in total. The van der Waals surface area contributed by atoms with Crippen molar-refractivity contribution in [1.82, 2.24) is 9.62 Å². The van der Waals surface area contributed by atoms with Crippen molar-refractivity contribution in [3.05, 3.63) is 23.0 Å². The number of nitrogens with two attached hydrogens (primary N) is 1. The summed E-state index contributed by atoms with van der Waals surface area (Å²) in [7, 11) is -1.67. The number of nitrogens with zero attached hydrogens (tertiary/aromatic N) is 1. The van der Waals surface area contributed by atoms with E-state index in [0.717, 1.165) is 19.2 Å². The van der Waals surface area contributed by atoms with E-state index in [9.17, 15) is 17.6 Å². The van der Waals surface area contributed by atoms with Gasteiger partial charge in [-0.3, -0.25) is 4.79 Å². The van der Waals surface area contributed by atoms with Gasteiger partial charge in [-0.05, 0) is 12.1 Å². The van der Waals surface area contributed by atoms with Crippen molar-refractivity contribution in [3.63, 3.8) is 0 Å². The number of hydrogen-bond acceptors (Lipinski definition) is 4. The molecule has 0 saturated carbocycles. The quantitative estimate of drug-likeness (QED) is 0.789. The Morgan fingerprint density at radius 2 is 2.11 bits per heavy atom. The molecule has 3 N–H and O–H groups in total. The molecule has 0 bridgehead atoms. The van der Waals surface area contributed by atoms with Crippen LogP contribution in [0.1, 0.15) is 0 Å². The van der Waals surface area contributed by atoms with Gasteiger partial charge in [0.2, 0.25) is 15.9 Å². The maximum atomic E-state index is 13.8. The molecule has 1 aromatic carbocycles. The van der Waals surface area contributed by atoms with Gasteiger partial charge in [0.25, 0.3) is 0 Å². The van der Waals surface area contributed by atoms with Crippen LogP contribution in [-0.4, -0.2) is 39.3 Å². The fourth-order valence-corrected chi connectivity index (χ4v) is 2.83. The van der Waals surface area contributed by atoms with Gasteiger partial charge >= 0.3 is 0 Å². The largest absolute Gasteiger partial charge is 0.399 e. The van der Waals surface area contributed by atoms with Crippen LogP contribution in [-0.2, 0) is 14.8 Å². The minimum atomic E-state index is -4.19. The van der Waals surface area contributed by atoms with E-state index in [-0.39, 0.29) is 5.69 Å². The average molecular weight is 310 g/mol. The van der Waals surface area contributed by atoms with Crippen LogP contribution in [0.3, 0.4) is 0 Å². The van der Waals surface area contributed by atoms with Crippen molar-refractivity contribution >= 4 is 33.2 Å². The van der Waals surface area contributed by atoms with Crippen molar-refractivity contribution in [2.24, 2.45) is 0 Å². The zero-order valence-corrected chi connectivity index (χ0v) is 11.8. The van der Waals surface area contributed by atoms with Crippen molar-refractivity contribution in [3.8, 4) is 0 Å². The third kappa shape index (κ3) is 3.34. The molecule has 0 saturated heterocycles. The molecule has 0 unspecified atom stereocenters. The highest BCUT2D eigenvalue weighted by Crippen LogP contribution is 2.27. The average Bonchev–Trinajstić information content (AvgIpc) is 2.33. The number of hydrogen-bond donors (Lipinski definition) is 2. The number of rotatable bonds is 4. The predicted octanol–water partition coefficient (Wildman–Crippen LogP) is 0.428. The van der Waals surface area contributed by atoms with Crippen molar-refractivity contribution in [2.45, 2.75) is 4.90 Å². The van der Waals surface area contributed by atoms with E-state index in [1.807, 2.05) is 0 Å². The van der Waals surface area contributed by atoms with E-state index in [0.29, 0.717) is 4.31 Å². The fraction of sp³-hybridized carbons (Fsp3) is 0.300. The number of carbonyl (C=O) groups excluding carboxylic acids is 1. The van der Waals surface area contributed by atoms with Gasteiger partial charge in [0.05, 0.1) is 11.6 Å². The molecule has 0 heterocycles. The van der Waals surface area contributed by atoms with Gasteiger partial charge in [-0.15, -0.1) is 0 Å². The molecule has 0 atom stereocenters. The summed E-state index contributed by atoms with van der Waals surface area (Å²) in [6.45, 7) is -0.440. The van der Waals surface area contributed by atoms with Crippen LogP contribution < -0.4 is 11.1 Å². The highest BCUT2D eigenvalue weighted by molar-refractivity contribution is 7.89. The number of nitrogens with one attached hydrogen (secondary N) is 1. The van der Waals surface area contributed by atoms with Gasteiger partial charge in [0.1, 0.15) is 4.90 Å². The van der Waals surface area contributed by atoms with Crippen LogP contribution >= 0.6 is 11.6 Å². The van der Waals surface area contributed by atoms with Gasteiger partial charge in [-0.25, -0.2) is 12.8 Å². The Hall–Kier alpha value is -1.38. The van der Waals surface area contributed by atoms with Crippen molar-refractivity contribution in [2.75, 3.05) is 26.4 Å². The Morgan fingerprint density at radius 1 is 1.53 bits per heavy atom. The minimum Gasteiger partial charge on any atom is -0.399 e.